The number of ether oxygens (including phenoxy) is 1. The maximum Gasteiger partial charge on any atom is 0.224 e. The van der Waals surface area contributed by atoms with Gasteiger partial charge in [-0.05, 0) is 48.9 Å². The molecule has 1 amide bonds. The van der Waals surface area contributed by atoms with Crippen molar-refractivity contribution in [1.29, 1.82) is 0 Å². The zero-order valence-electron chi connectivity index (χ0n) is 19.8. The Balaban J connectivity index is 1.65. The summed E-state index contributed by atoms with van der Waals surface area (Å²) in [6, 6.07) is 18.0. The van der Waals surface area contributed by atoms with Gasteiger partial charge in [-0.2, -0.15) is 0 Å². The molecule has 0 radical (unpaired) electrons. The largest absolute Gasteiger partial charge is 0.488 e. The molecule has 1 aliphatic carbocycles. The summed E-state index contributed by atoms with van der Waals surface area (Å²) in [4.78, 5) is 12.5. The zero-order valence-corrected chi connectivity index (χ0v) is 20.7. The molecule has 36 heavy (non-hydrogen) atoms. The van der Waals surface area contributed by atoms with Crippen LogP contribution in [0.15, 0.2) is 66.7 Å². The fourth-order valence-corrected chi connectivity index (χ4v) is 5.69. The van der Waals surface area contributed by atoms with E-state index in [-0.39, 0.29) is 36.1 Å². The van der Waals surface area contributed by atoms with Crippen molar-refractivity contribution >= 4 is 15.9 Å². The highest BCUT2D eigenvalue weighted by molar-refractivity contribution is 7.88. The lowest BCUT2D eigenvalue weighted by Gasteiger charge is -2.26. The van der Waals surface area contributed by atoms with Crippen molar-refractivity contribution in [2.45, 2.75) is 38.3 Å². The number of primary amides is 1. The normalized spacial score (nSPS) is 19.8. The van der Waals surface area contributed by atoms with Crippen LogP contribution in [0.5, 0.6) is 5.75 Å². The van der Waals surface area contributed by atoms with E-state index in [1.54, 1.807) is 24.3 Å². The molecule has 2 atom stereocenters. The van der Waals surface area contributed by atoms with Crippen LogP contribution in [-0.2, 0) is 27.8 Å². The van der Waals surface area contributed by atoms with Crippen LogP contribution in [-0.4, -0.2) is 26.6 Å². The third-order valence-electron chi connectivity index (χ3n) is 6.61. The number of hydrogen-bond donors (Lipinski definition) is 2. The summed E-state index contributed by atoms with van der Waals surface area (Å²) < 4.78 is 62.6. The van der Waals surface area contributed by atoms with Gasteiger partial charge in [0.25, 0.3) is 0 Å². The number of benzene rings is 3. The molecule has 3 N–H and O–H groups in total. The van der Waals surface area contributed by atoms with Gasteiger partial charge in [0, 0.05) is 11.6 Å². The molecule has 0 aliphatic heterocycles. The van der Waals surface area contributed by atoms with Gasteiger partial charge in [0.1, 0.15) is 24.0 Å². The number of rotatable bonds is 9. The standard InChI is InChI=1S/C27H28F2N2O4S/c1-36(33,34)31-20-13-14-27(16-20,26(30)32)15-19-11-12-22(28)24(25(19)29)21-9-5-6-10-23(21)35-17-18-7-3-2-4-8-18/h2-12,20,31H,13-17H2,1H3,(H2,30,32)/t20-,27+/m0/s1. The molecule has 0 bridgehead atoms. The van der Waals surface area contributed by atoms with Crippen molar-refractivity contribution in [3.05, 3.63) is 89.5 Å². The molecule has 0 heterocycles. The highest BCUT2D eigenvalue weighted by Gasteiger charge is 2.45. The van der Waals surface area contributed by atoms with Crippen LogP contribution < -0.4 is 15.2 Å². The Hall–Kier alpha value is -3.30. The number of carbonyl (C=O) groups is 1. The summed E-state index contributed by atoms with van der Waals surface area (Å²) in [6.45, 7) is 0.223. The average Bonchev–Trinajstić information content (AvgIpc) is 3.23. The van der Waals surface area contributed by atoms with E-state index < -0.39 is 39.0 Å². The highest BCUT2D eigenvalue weighted by Crippen LogP contribution is 2.43. The summed E-state index contributed by atoms with van der Waals surface area (Å²) in [5, 5.41) is 0. The van der Waals surface area contributed by atoms with Gasteiger partial charge in [0.15, 0.2) is 0 Å². The van der Waals surface area contributed by atoms with Gasteiger partial charge in [-0.15, -0.1) is 0 Å². The molecule has 190 valence electrons. The minimum Gasteiger partial charge on any atom is -0.488 e. The first-order chi connectivity index (χ1) is 17.1. The Bertz CT molecular complexity index is 1370. The number of carbonyl (C=O) groups excluding carboxylic acids is 1. The highest BCUT2D eigenvalue weighted by atomic mass is 32.2. The first-order valence-corrected chi connectivity index (χ1v) is 13.5. The Morgan fingerprint density at radius 2 is 1.78 bits per heavy atom. The van der Waals surface area contributed by atoms with Gasteiger partial charge in [0.2, 0.25) is 15.9 Å². The van der Waals surface area contributed by atoms with E-state index >= 15 is 8.78 Å². The van der Waals surface area contributed by atoms with Crippen molar-refractivity contribution in [3.63, 3.8) is 0 Å². The molecule has 3 aromatic rings. The number of nitrogens with two attached hydrogens (primary N) is 1. The van der Waals surface area contributed by atoms with E-state index in [1.165, 1.54) is 6.07 Å². The number of halogens is 2. The number of sulfonamides is 1. The number of para-hydroxylation sites is 1. The zero-order chi connectivity index (χ0) is 25.9. The second-order valence-electron chi connectivity index (χ2n) is 9.32. The lowest BCUT2D eigenvalue weighted by atomic mass is 9.78. The molecule has 1 saturated carbocycles. The van der Waals surface area contributed by atoms with E-state index in [4.69, 9.17) is 10.5 Å². The first-order valence-electron chi connectivity index (χ1n) is 11.6. The van der Waals surface area contributed by atoms with Crippen LogP contribution in [0.2, 0.25) is 0 Å². The third-order valence-corrected chi connectivity index (χ3v) is 7.37. The fraction of sp³-hybridized carbons (Fsp3) is 0.296. The molecule has 4 rings (SSSR count). The second-order valence-corrected chi connectivity index (χ2v) is 11.1. The molecule has 9 heteroatoms. The number of amides is 1. The van der Waals surface area contributed by atoms with Crippen molar-refractivity contribution in [2.75, 3.05) is 6.26 Å². The van der Waals surface area contributed by atoms with E-state index in [0.717, 1.165) is 17.9 Å². The van der Waals surface area contributed by atoms with E-state index in [2.05, 4.69) is 4.72 Å². The van der Waals surface area contributed by atoms with Gasteiger partial charge in [-0.3, -0.25) is 4.79 Å². The summed E-state index contributed by atoms with van der Waals surface area (Å²) in [6.07, 6.45) is 1.79. The monoisotopic (exact) mass is 514 g/mol. The maximum atomic E-state index is 15.9. The molecule has 0 spiro atoms. The summed E-state index contributed by atoms with van der Waals surface area (Å²) in [5.74, 6) is -1.88. The molecule has 1 fully saturated rings. The third kappa shape index (κ3) is 5.74. The lowest BCUT2D eigenvalue weighted by Crippen LogP contribution is -2.40. The molecule has 0 aromatic heterocycles. The Morgan fingerprint density at radius 1 is 1.08 bits per heavy atom. The quantitative estimate of drug-likeness (QED) is 0.444. The predicted octanol–water partition coefficient (Wildman–Crippen LogP) is 4.33. The smallest absolute Gasteiger partial charge is 0.224 e. The number of hydrogen-bond acceptors (Lipinski definition) is 4. The molecule has 6 nitrogen and oxygen atoms in total. The van der Waals surface area contributed by atoms with Crippen LogP contribution in [0.1, 0.15) is 30.4 Å². The van der Waals surface area contributed by atoms with E-state index in [9.17, 15) is 13.2 Å². The van der Waals surface area contributed by atoms with E-state index in [0.29, 0.717) is 18.6 Å². The van der Waals surface area contributed by atoms with Gasteiger partial charge < -0.3 is 10.5 Å². The number of nitrogens with one attached hydrogen (secondary N) is 1. The van der Waals surface area contributed by atoms with Crippen LogP contribution in [0.3, 0.4) is 0 Å². The minimum atomic E-state index is -3.48. The molecular weight excluding hydrogens is 486 g/mol. The van der Waals surface area contributed by atoms with Crippen molar-refractivity contribution in [1.82, 2.24) is 4.72 Å². The van der Waals surface area contributed by atoms with Crippen molar-refractivity contribution in [3.8, 4) is 16.9 Å². The summed E-state index contributed by atoms with van der Waals surface area (Å²) >= 11 is 0. The van der Waals surface area contributed by atoms with Gasteiger partial charge in [-0.25, -0.2) is 21.9 Å². The summed E-state index contributed by atoms with van der Waals surface area (Å²) in [5.41, 5.74) is 5.61. The summed E-state index contributed by atoms with van der Waals surface area (Å²) in [7, 11) is -3.48. The molecule has 3 aromatic carbocycles. The molecule has 0 unspecified atom stereocenters. The van der Waals surface area contributed by atoms with Gasteiger partial charge in [0.05, 0.1) is 17.2 Å². The topological polar surface area (TPSA) is 98.5 Å². The van der Waals surface area contributed by atoms with E-state index in [1.807, 2.05) is 30.3 Å². The maximum absolute atomic E-state index is 15.9. The lowest BCUT2D eigenvalue weighted by molar-refractivity contribution is -0.127. The van der Waals surface area contributed by atoms with Gasteiger partial charge in [-0.1, -0.05) is 54.6 Å². The van der Waals surface area contributed by atoms with Crippen LogP contribution in [0.4, 0.5) is 8.78 Å². The Kier molecular flexibility index (Phi) is 7.42. The van der Waals surface area contributed by atoms with Gasteiger partial charge >= 0.3 is 0 Å². The average molecular weight is 515 g/mol. The predicted molar refractivity (Wildman–Crippen MR) is 134 cm³/mol. The molecule has 0 saturated heterocycles. The van der Waals surface area contributed by atoms with Crippen LogP contribution in [0, 0.1) is 17.0 Å². The van der Waals surface area contributed by atoms with Crippen molar-refractivity contribution in [2.24, 2.45) is 11.1 Å². The fourth-order valence-electron chi connectivity index (χ4n) is 4.88. The van der Waals surface area contributed by atoms with Crippen LogP contribution in [0.25, 0.3) is 11.1 Å². The van der Waals surface area contributed by atoms with Crippen LogP contribution >= 0.6 is 0 Å². The van der Waals surface area contributed by atoms with Crippen molar-refractivity contribution < 1.29 is 26.7 Å². The first kappa shape index (κ1) is 25.8. The second kappa shape index (κ2) is 10.4. The molecule has 1 aliphatic rings. The molecular formula is C27H28F2N2O4S. The Morgan fingerprint density at radius 3 is 2.47 bits per heavy atom. The SMILES string of the molecule is CS(=O)(=O)N[C@H]1CC[C@](Cc2ccc(F)c(-c3ccccc3OCc3ccccc3)c2F)(C(N)=O)C1. The minimum absolute atomic E-state index is 0.0730. The Labute approximate surface area is 209 Å².